The van der Waals surface area contributed by atoms with Crippen LogP contribution in [0, 0.1) is 12.8 Å². The Morgan fingerprint density at radius 2 is 1.79 bits per heavy atom. The van der Waals surface area contributed by atoms with E-state index in [1.807, 2.05) is 0 Å². The van der Waals surface area contributed by atoms with Gasteiger partial charge in [0, 0.05) is 29.8 Å². The van der Waals surface area contributed by atoms with E-state index in [2.05, 4.69) is 0 Å². The fraction of sp³-hybridized carbons (Fsp3) is 0.300. The van der Waals surface area contributed by atoms with Crippen LogP contribution in [0.15, 0.2) is 36.4 Å². The molecule has 0 bridgehead atoms. The Labute approximate surface area is 158 Å². The van der Waals surface area contributed by atoms with Gasteiger partial charge in [0.2, 0.25) is 5.60 Å². The zero-order valence-electron chi connectivity index (χ0n) is 14.7. The topological polar surface area (TPSA) is 77.8 Å². The van der Waals surface area contributed by atoms with Gasteiger partial charge in [-0.2, -0.15) is 13.2 Å². The van der Waals surface area contributed by atoms with E-state index in [1.54, 1.807) is 13.0 Å². The van der Waals surface area contributed by atoms with Crippen LogP contribution in [-0.4, -0.2) is 46.3 Å². The molecule has 2 aromatic carbocycles. The Balaban J connectivity index is 1.82. The maximum atomic E-state index is 13.9. The maximum absolute atomic E-state index is 13.9. The number of fused-ring (bicyclic) bond motifs is 3. The van der Waals surface area contributed by atoms with E-state index >= 15 is 0 Å². The van der Waals surface area contributed by atoms with Gasteiger partial charge >= 0.3 is 12.1 Å². The quantitative estimate of drug-likeness (QED) is 0.825. The Bertz CT molecular complexity index is 1010. The van der Waals surface area contributed by atoms with Gasteiger partial charge in [0.15, 0.2) is 0 Å². The number of carboxylic acids is 1. The molecule has 4 rings (SSSR count). The van der Waals surface area contributed by atoms with Gasteiger partial charge < -0.3 is 15.1 Å². The highest BCUT2D eigenvalue weighted by Gasteiger charge is 2.61. The predicted molar refractivity (Wildman–Crippen MR) is 92.7 cm³/mol. The largest absolute Gasteiger partial charge is 0.481 e. The van der Waals surface area contributed by atoms with Crippen LogP contribution in [-0.2, 0) is 10.4 Å². The number of carbonyl (C=O) groups is 2. The normalized spacial score (nSPS) is 21.1. The Hall–Kier alpha value is -2.87. The summed E-state index contributed by atoms with van der Waals surface area (Å²) in [4.78, 5) is 24.8. The van der Waals surface area contributed by atoms with Crippen molar-refractivity contribution in [3.63, 3.8) is 0 Å². The van der Waals surface area contributed by atoms with Crippen LogP contribution < -0.4 is 0 Å². The number of halogens is 3. The van der Waals surface area contributed by atoms with Crippen LogP contribution in [0.4, 0.5) is 13.2 Å². The van der Waals surface area contributed by atoms with Gasteiger partial charge in [-0.05, 0) is 35.7 Å². The number of carbonyl (C=O) groups excluding carboxylic acids is 1. The van der Waals surface area contributed by atoms with Gasteiger partial charge in [0.05, 0.1) is 5.92 Å². The summed E-state index contributed by atoms with van der Waals surface area (Å²) in [6.07, 6.45) is -4.98. The second kappa shape index (κ2) is 5.81. The van der Waals surface area contributed by atoms with E-state index < -0.39 is 29.6 Å². The van der Waals surface area contributed by atoms with Crippen LogP contribution in [0.3, 0.4) is 0 Å². The number of hydrogen-bond acceptors (Lipinski definition) is 3. The van der Waals surface area contributed by atoms with E-state index in [-0.39, 0.29) is 40.9 Å². The summed E-state index contributed by atoms with van der Waals surface area (Å²) in [7, 11) is 0. The minimum atomic E-state index is -4.98. The molecular weight excluding hydrogens is 375 g/mol. The van der Waals surface area contributed by atoms with Crippen molar-refractivity contribution in [2.45, 2.75) is 18.7 Å². The van der Waals surface area contributed by atoms with Crippen LogP contribution in [0.5, 0.6) is 0 Å². The van der Waals surface area contributed by atoms with Crippen molar-refractivity contribution in [3.8, 4) is 11.1 Å². The molecule has 2 N–H and O–H groups in total. The lowest BCUT2D eigenvalue weighted by atomic mass is 9.88. The fourth-order valence-electron chi connectivity index (χ4n) is 4.00. The Morgan fingerprint density at radius 3 is 2.39 bits per heavy atom. The molecule has 2 aromatic rings. The lowest BCUT2D eigenvalue weighted by Crippen LogP contribution is -2.53. The summed E-state index contributed by atoms with van der Waals surface area (Å²) in [6, 6.07) is 8.32. The fourth-order valence-corrected chi connectivity index (χ4v) is 4.00. The average molecular weight is 391 g/mol. The molecule has 1 unspecified atom stereocenters. The summed E-state index contributed by atoms with van der Waals surface area (Å²) in [6.45, 7) is 1.60. The first kappa shape index (κ1) is 18.5. The monoisotopic (exact) mass is 391 g/mol. The summed E-state index contributed by atoms with van der Waals surface area (Å²) in [5, 5.41) is 19.7. The van der Waals surface area contributed by atoms with E-state index in [9.17, 15) is 27.9 Å². The highest BCUT2D eigenvalue weighted by molar-refractivity contribution is 5.98. The number of aliphatic carboxylic acids is 1. The van der Waals surface area contributed by atoms with Gasteiger partial charge in [0.25, 0.3) is 5.91 Å². The number of aliphatic hydroxyl groups is 1. The van der Waals surface area contributed by atoms with Crippen molar-refractivity contribution in [2.75, 3.05) is 13.1 Å². The van der Waals surface area contributed by atoms with Gasteiger partial charge in [-0.25, -0.2) is 0 Å². The third-order valence-corrected chi connectivity index (χ3v) is 5.49. The number of benzene rings is 2. The smallest absolute Gasteiger partial charge is 0.425 e. The minimum Gasteiger partial charge on any atom is -0.481 e. The Morgan fingerprint density at radius 1 is 1.14 bits per heavy atom. The number of aryl methyl sites for hydroxylation is 1. The molecule has 1 aliphatic heterocycles. The average Bonchev–Trinajstić information content (AvgIpc) is 2.84. The highest BCUT2D eigenvalue weighted by Crippen LogP contribution is 2.56. The number of carboxylic acid groups (broad SMARTS) is 1. The number of amides is 1. The molecule has 8 heteroatoms. The zero-order valence-corrected chi connectivity index (χ0v) is 14.7. The van der Waals surface area contributed by atoms with Crippen LogP contribution >= 0.6 is 0 Å². The molecule has 1 aliphatic carbocycles. The number of alkyl halides is 3. The van der Waals surface area contributed by atoms with E-state index in [1.165, 1.54) is 29.2 Å². The third kappa shape index (κ3) is 2.37. The first-order valence-corrected chi connectivity index (χ1v) is 8.62. The van der Waals surface area contributed by atoms with E-state index in [4.69, 9.17) is 5.11 Å². The van der Waals surface area contributed by atoms with Gasteiger partial charge in [-0.1, -0.05) is 24.3 Å². The van der Waals surface area contributed by atoms with Crippen molar-refractivity contribution < 1.29 is 33.0 Å². The second-order valence-electron chi connectivity index (χ2n) is 7.21. The standard InChI is InChI=1S/C20H16F3NO4/c1-10-6-11(17(25)24-8-12(9-24)18(26)27)7-15-16(10)13-4-2-3-5-14(13)19(15,28)20(21,22)23/h2-7,12,28H,8-9H2,1H3,(H,26,27). The molecular formula is C20H16F3NO4. The summed E-state index contributed by atoms with van der Waals surface area (Å²) in [5.74, 6) is -2.24. The molecule has 2 aliphatic rings. The summed E-state index contributed by atoms with van der Waals surface area (Å²) in [5.41, 5.74) is -2.87. The van der Waals surface area contributed by atoms with Crippen molar-refractivity contribution in [2.24, 2.45) is 5.92 Å². The predicted octanol–water partition coefficient (Wildman–Crippen LogP) is 2.93. The first-order chi connectivity index (χ1) is 13.1. The van der Waals surface area contributed by atoms with Crippen LogP contribution in [0.1, 0.15) is 27.0 Å². The zero-order chi connectivity index (χ0) is 20.4. The summed E-state index contributed by atoms with van der Waals surface area (Å²) >= 11 is 0. The number of nitrogens with zero attached hydrogens (tertiary/aromatic N) is 1. The molecule has 1 amide bonds. The number of rotatable bonds is 2. The third-order valence-electron chi connectivity index (χ3n) is 5.49. The number of likely N-dealkylation sites (tertiary alicyclic amines) is 1. The second-order valence-corrected chi connectivity index (χ2v) is 7.21. The highest BCUT2D eigenvalue weighted by atomic mass is 19.4. The lowest BCUT2D eigenvalue weighted by Gasteiger charge is -2.37. The van der Waals surface area contributed by atoms with E-state index in [0.29, 0.717) is 5.56 Å². The van der Waals surface area contributed by atoms with Crippen molar-refractivity contribution in [1.82, 2.24) is 4.90 Å². The van der Waals surface area contributed by atoms with E-state index in [0.717, 1.165) is 6.07 Å². The van der Waals surface area contributed by atoms with Crippen LogP contribution in [0.2, 0.25) is 0 Å². The first-order valence-electron chi connectivity index (χ1n) is 8.62. The number of hydrogen-bond donors (Lipinski definition) is 2. The van der Waals surface area contributed by atoms with Crippen LogP contribution in [0.25, 0.3) is 11.1 Å². The molecule has 146 valence electrons. The molecule has 0 aromatic heterocycles. The molecule has 28 heavy (non-hydrogen) atoms. The van der Waals surface area contributed by atoms with Gasteiger partial charge in [-0.15, -0.1) is 0 Å². The van der Waals surface area contributed by atoms with Crippen molar-refractivity contribution in [1.29, 1.82) is 0 Å². The minimum absolute atomic E-state index is 0.00410. The molecule has 5 nitrogen and oxygen atoms in total. The molecule has 0 spiro atoms. The molecule has 0 saturated carbocycles. The molecule has 0 radical (unpaired) electrons. The molecule has 1 fully saturated rings. The van der Waals surface area contributed by atoms with Gasteiger partial charge in [-0.3, -0.25) is 9.59 Å². The Kier molecular flexibility index (Phi) is 3.84. The molecule has 1 saturated heterocycles. The molecule has 1 heterocycles. The SMILES string of the molecule is Cc1cc(C(=O)N2CC(C(=O)O)C2)cc2c1-c1ccccc1C2(O)C(F)(F)F. The maximum Gasteiger partial charge on any atom is 0.425 e. The van der Waals surface area contributed by atoms with Crippen molar-refractivity contribution in [3.05, 3.63) is 58.7 Å². The molecule has 1 atom stereocenters. The summed E-state index contributed by atoms with van der Waals surface area (Å²) < 4.78 is 41.8. The van der Waals surface area contributed by atoms with Gasteiger partial charge in [0.1, 0.15) is 0 Å². The van der Waals surface area contributed by atoms with Crippen molar-refractivity contribution >= 4 is 11.9 Å². The lowest BCUT2D eigenvalue weighted by molar-refractivity contribution is -0.246.